The summed E-state index contributed by atoms with van der Waals surface area (Å²) in [6.45, 7) is 2.53. The van der Waals surface area contributed by atoms with E-state index < -0.39 is 0 Å². The lowest BCUT2D eigenvalue weighted by atomic mass is 10.0. The zero-order valence-electron chi connectivity index (χ0n) is 11.1. The lowest BCUT2D eigenvalue weighted by Gasteiger charge is -2.02. The lowest BCUT2D eigenvalue weighted by molar-refractivity contribution is 0.488. The Kier molecular flexibility index (Phi) is 2.46. The number of hydrogen-bond acceptors (Lipinski definition) is 2. The molecule has 0 amide bonds. The SMILES string of the molecule is Cc1ccc2c(C3CC3)c(CNC3CC3)oc2c1F. The maximum Gasteiger partial charge on any atom is 0.170 e. The predicted octanol–water partition coefficient (Wildman–Crippen LogP) is 4.01. The van der Waals surface area contributed by atoms with Gasteiger partial charge in [0.05, 0.1) is 6.54 Å². The molecule has 0 unspecified atom stereocenters. The van der Waals surface area contributed by atoms with Gasteiger partial charge in [0, 0.05) is 17.0 Å². The van der Waals surface area contributed by atoms with Gasteiger partial charge < -0.3 is 9.73 Å². The van der Waals surface area contributed by atoms with Crippen molar-refractivity contribution in [1.29, 1.82) is 0 Å². The maximum absolute atomic E-state index is 14.2. The van der Waals surface area contributed by atoms with Gasteiger partial charge in [-0.1, -0.05) is 12.1 Å². The molecule has 0 saturated heterocycles. The van der Waals surface area contributed by atoms with Crippen molar-refractivity contribution < 1.29 is 8.81 Å². The van der Waals surface area contributed by atoms with Crippen molar-refractivity contribution in [1.82, 2.24) is 5.32 Å². The van der Waals surface area contributed by atoms with Crippen LogP contribution in [0.5, 0.6) is 0 Å². The van der Waals surface area contributed by atoms with Gasteiger partial charge in [-0.2, -0.15) is 0 Å². The standard InChI is InChI=1S/C16H18FNO/c1-9-2-7-12-14(10-3-4-10)13(8-18-11-5-6-11)19-16(12)15(9)17/h2,7,10-11,18H,3-6,8H2,1H3. The molecule has 0 radical (unpaired) electrons. The molecule has 100 valence electrons. The number of furan rings is 1. The summed E-state index contributed by atoms with van der Waals surface area (Å²) in [4.78, 5) is 0. The van der Waals surface area contributed by atoms with Crippen LogP contribution in [0.25, 0.3) is 11.0 Å². The Morgan fingerprint density at radius 3 is 2.74 bits per heavy atom. The van der Waals surface area contributed by atoms with Gasteiger partial charge in [0.25, 0.3) is 0 Å². The highest BCUT2D eigenvalue weighted by Crippen LogP contribution is 2.46. The topological polar surface area (TPSA) is 25.2 Å². The molecular formula is C16H18FNO. The van der Waals surface area contributed by atoms with Crippen molar-refractivity contribution in [3.8, 4) is 0 Å². The molecule has 2 aliphatic rings. The Labute approximate surface area is 112 Å². The Morgan fingerprint density at radius 1 is 1.26 bits per heavy atom. The summed E-state index contributed by atoms with van der Waals surface area (Å²) in [5.74, 6) is 1.34. The Balaban J connectivity index is 1.80. The minimum atomic E-state index is -0.197. The van der Waals surface area contributed by atoms with Crippen LogP contribution in [0.15, 0.2) is 16.5 Å². The van der Waals surface area contributed by atoms with Crippen LogP contribution in [0.2, 0.25) is 0 Å². The first kappa shape index (κ1) is 11.5. The van der Waals surface area contributed by atoms with Gasteiger partial charge in [-0.25, -0.2) is 4.39 Å². The first-order valence-electron chi connectivity index (χ1n) is 7.18. The molecule has 1 heterocycles. The summed E-state index contributed by atoms with van der Waals surface area (Å²) in [7, 11) is 0. The first-order valence-corrected chi connectivity index (χ1v) is 7.18. The van der Waals surface area contributed by atoms with Gasteiger partial charge in [0.2, 0.25) is 0 Å². The van der Waals surface area contributed by atoms with Crippen molar-refractivity contribution in [2.45, 2.75) is 51.1 Å². The fourth-order valence-electron chi connectivity index (χ4n) is 2.77. The van der Waals surface area contributed by atoms with Gasteiger partial charge in [-0.05, 0) is 44.1 Å². The Bertz CT molecular complexity index is 638. The van der Waals surface area contributed by atoms with E-state index in [4.69, 9.17) is 4.42 Å². The maximum atomic E-state index is 14.2. The Morgan fingerprint density at radius 2 is 2.05 bits per heavy atom. The van der Waals surface area contributed by atoms with Crippen molar-refractivity contribution >= 4 is 11.0 Å². The molecule has 0 spiro atoms. The molecule has 2 aliphatic carbocycles. The third-order valence-electron chi connectivity index (χ3n) is 4.22. The van der Waals surface area contributed by atoms with Crippen molar-refractivity contribution in [2.24, 2.45) is 0 Å². The highest BCUT2D eigenvalue weighted by Gasteiger charge is 2.32. The molecule has 0 aliphatic heterocycles. The highest BCUT2D eigenvalue weighted by atomic mass is 19.1. The molecule has 4 rings (SSSR count). The number of fused-ring (bicyclic) bond motifs is 1. The van der Waals surface area contributed by atoms with E-state index in [2.05, 4.69) is 5.32 Å². The summed E-state index contributed by atoms with van der Waals surface area (Å²) in [6.07, 6.45) is 4.93. The predicted molar refractivity (Wildman–Crippen MR) is 72.7 cm³/mol. The average molecular weight is 259 g/mol. The third-order valence-corrected chi connectivity index (χ3v) is 4.22. The molecule has 19 heavy (non-hydrogen) atoms. The van der Waals surface area contributed by atoms with Crippen molar-refractivity contribution in [3.63, 3.8) is 0 Å². The smallest absolute Gasteiger partial charge is 0.170 e. The van der Waals surface area contributed by atoms with Crippen LogP contribution in [0.3, 0.4) is 0 Å². The Hall–Kier alpha value is -1.35. The van der Waals surface area contributed by atoms with Crippen LogP contribution in [0.1, 0.15) is 48.5 Å². The van der Waals surface area contributed by atoms with E-state index in [1.807, 2.05) is 12.1 Å². The van der Waals surface area contributed by atoms with E-state index >= 15 is 0 Å². The van der Waals surface area contributed by atoms with E-state index in [9.17, 15) is 4.39 Å². The molecule has 2 aromatic rings. The van der Waals surface area contributed by atoms with Gasteiger partial charge in [0.15, 0.2) is 11.4 Å². The minimum absolute atomic E-state index is 0.197. The average Bonchev–Trinajstić information content (AvgIpc) is 3.30. The van der Waals surface area contributed by atoms with E-state index in [0.29, 0.717) is 23.1 Å². The van der Waals surface area contributed by atoms with E-state index in [1.54, 1.807) is 6.92 Å². The molecule has 0 bridgehead atoms. The second-order valence-corrected chi connectivity index (χ2v) is 5.94. The molecule has 2 fully saturated rings. The second-order valence-electron chi connectivity index (χ2n) is 5.94. The molecule has 0 atom stereocenters. The minimum Gasteiger partial charge on any atom is -0.456 e. The van der Waals surface area contributed by atoms with Crippen molar-refractivity contribution in [2.75, 3.05) is 0 Å². The number of nitrogens with one attached hydrogen (secondary N) is 1. The van der Waals surface area contributed by atoms with Crippen molar-refractivity contribution in [3.05, 3.63) is 34.8 Å². The van der Waals surface area contributed by atoms with Crippen LogP contribution >= 0.6 is 0 Å². The molecule has 1 aromatic heterocycles. The lowest BCUT2D eigenvalue weighted by Crippen LogP contribution is -2.15. The summed E-state index contributed by atoms with van der Waals surface area (Å²) in [5, 5.41) is 4.46. The second kappa shape index (κ2) is 4.07. The number of benzene rings is 1. The summed E-state index contributed by atoms with van der Waals surface area (Å²) < 4.78 is 20.0. The number of aryl methyl sites for hydroxylation is 1. The monoisotopic (exact) mass is 259 g/mol. The molecule has 1 aromatic carbocycles. The van der Waals surface area contributed by atoms with Crippen LogP contribution in [0.4, 0.5) is 4.39 Å². The quantitative estimate of drug-likeness (QED) is 0.897. The zero-order valence-corrected chi connectivity index (χ0v) is 11.1. The number of rotatable bonds is 4. The van der Waals surface area contributed by atoms with Crippen LogP contribution < -0.4 is 5.32 Å². The number of halogens is 1. The zero-order chi connectivity index (χ0) is 13.0. The van der Waals surface area contributed by atoms with Crippen LogP contribution in [-0.2, 0) is 6.54 Å². The normalized spacial score (nSPS) is 19.3. The first-order chi connectivity index (χ1) is 9.24. The molecule has 2 saturated carbocycles. The fourth-order valence-corrected chi connectivity index (χ4v) is 2.77. The summed E-state index contributed by atoms with van der Waals surface area (Å²) >= 11 is 0. The van der Waals surface area contributed by atoms with E-state index in [-0.39, 0.29) is 5.82 Å². The fraction of sp³-hybridized carbons (Fsp3) is 0.500. The molecule has 3 heteroatoms. The molecule has 1 N–H and O–H groups in total. The molecule has 2 nitrogen and oxygen atoms in total. The highest BCUT2D eigenvalue weighted by molar-refractivity contribution is 5.84. The summed E-state index contributed by atoms with van der Waals surface area (Å²) in [6, 6.07) is 4.52. The number of hydrogen-bond donors (Lipinski definition) is 1. The van der Waals surface area contributed by atoms with Crippen LogP contribution in [-0.4, -0.2) is 6.04 Å². The molecular weight excluding hydrogens is 241 g/mol. The van der Waals surface area contributed by atoms with Gasteiger partial charge in [-0.15, -0.1) is 0 Å². The van der Waals surface area contributed by atoms with Gasteiger partial charge >= 0.3 is 0 Å². The van der Waals surface area contributed by atoms with E-state index in [0.717, 1.165) is 17.7 Å². The van der Waals surface area contributed by atoms with Gasteiger partial charge in [0.1, 0.15) is 5.76 Å². The van der Waals surface area contributed by atoms with E-state index in [1.165, 1.54) is 31.2 Å². The van der Waals surface area contributed by atoms with Crippen LogP contribution in [0, 0.1) is 12.7 Å². The third kappa shape index (κ3) is 1.96. The summed E-state index contributed by atoms with van der Waals surface area (Å²) in [5.41, 5.74) is 2.36. The largest absolute Gasteiger partial charge is 0.456 e. The van der Waals surface area contributed by atoms with Gasteiger partial charge in [-0.3, -0.25) is 0 Å².